The molecular formula is C21H17N3OS. The van der Waals surface area contributed by atoms with Gasteiger partial charge in [-0.15, -0.1) is 11.3 Å². The normalized spacial score (nSPS) is 10.6. The van der Waals surface area contributed by atoms with Crippen molar-refractivity contribution in [2.24, 2.45) is 0 Å². The number of benzene rings is 2. The highest BCUT2D eigenvalue weighted by molar-refractivity contribution is 7.12. The lowest BCUT2D eigenvalue weighted by atomic mass is 10.1. The van der Waals surface area contributed by atoms with Crippen molar-refractivity contribution in [2.45, 2.75) is 6.54 Å². The summed E-state index contributed by atoms with van der Waals surface area (Å²) in [4.78, 5) is 13.0. The Kier molecular flexibility index (Phi) is 4.62. The molecule has 0 saturated carbocycles. The quantitative estimate of drug-likeness (QED) is 0.569. The van der Waals surface area contributed by atoms with Gasteiger partial charge in [-0.2, -0.15) is 5.10 Å². The minimum absolute atomic E-state index is 0.0635. The Balaban J connectivity index is 1.65. The maximum Gasteiger partial charge on any atom is 0.261 e. The summed E-state index contributed by atoms with van der Waals surface area (Å²) in [5, 5.41) is 9.65. The third kappa shape index (κ3) is 3.43. The summed E-state index contributed by atoms with van der Waals surface area (Å²) in [5.41, 5.74) is 3.87. The summed E-state index contributed by atoms with van der Waals surface area (Å²) >= 11 is 1.44. The van der Waals surface area contributed by atoms with Crippen LogP contribution in [0.15, 0.2) is 84.4 Å². The zero-order valence-corrected chi connectivity index (χ0v) is 14.8. The second-order valence-corrected chi connectivity index (χ2v) is 6.76. The molecule has 0 spiro atoms. The molecule has 4 rings (SSSR count). The Morgan fingerprint density at radius 3 is 2.38 bits per heavy atom. The van der Waals surface area contributed by atoms with Gasteiger partial charge in [0.15, 0.2) is 0 Å². The highest BCUT2D eigenvalue weighted by atomic mass is 32.1. The zero-order valence-electron chi connectivity index (χ0n) is 14.0. The van der Waals surface area contributed by atoms with Crippen molar-refractivity contribution in [3.63, 3.8) is 0 Å². The first-order valence-corrected chi connectivity index (χ1v) is 9.20. The maximum atomic E-state index is 12.3. The lowest BCUT2D eigenvalue weighted by Gasteiger charge is -2.04. The second kappa shape index (κ2) is 7.37. The van der Waals surface area contributed by atoms with Crippen LogP contribution in [0.2, 0.25) is 0 Å². The number of hydrogen-bond acceptors (Lipinski definition) is 3. The number of hydrogen-bond donors (Lipinski definition) is 1. The van der Waals surface area contributed by atoms with Crippen LogP contribution in [0.4, 0.5) is 0 Å². The van der Waals surface area contributed by atoms with Crippen LogP contribution in [-0.4, -0.2) is 15.7 Å². The average Bonchev–Trinajstić information content (AvgIpc) is 3.38. The summed E-state index contributed by atoms with van der Waals surface area (Å²) in [6.07, 6.45) is 1.98. The summed E-state index contributed by atoms with van der Waals surface area (Å²) in [5.74, 6) is -0.0635. The van der Waals surface area contributed by atoms with Crippen LogP contribution in [-0.2, 0) is 6.54 Å². The molecule has 2 aromatic carbocycles. The van der Waals surface area contributed by atoms with Crippen LogP contribution >= 0.6 is 11.3 Å². The molecule has 0 bridgehead atoms. The van der Waals surface area contributed by atoms with Crippen LogP contribution in [0.1, 0.15) is 15.2 Å². The maximum absolute atomic E-state index is 12.3. The fraction of sp³-hybridized carbons (Fsp3) is 0.0476. The van der Waals surface area contributed by atoms with Crippen LogP contribution in [0, 0.1) is 0 Å². The molecule has 0 aliphatic carbocycles. The van der Waals surface area contributed by atoms with E-state index in [1.807, 2.05) is 89.1 Å². The van der Waals surface area contributed by atoms with Gasteiger partial charge < -0.3 is 5.32 Å². The summed E-state index contributed by atoms with van der Waals surface area (Å²) in [6, 6.07) is 23.7. The molecule has 0 radical (unpaired) electrons. The van der Waals surface area contributed by atoms with E-state index < -0.39 is 0 Å². The van der Waals surface area contributed by atoms with Gasteiger partial charge in [0, 0.05) is 23.9 Å². The number of aromatic nitrogens is 2. The van der Waals surface area contributed by atoms with E-state index in [4.69, 9.17) is 5.10 Å². The van der Waals surface area contributed by atoms with Crippen LogP contribution in [0.25, 0.3) is 16.9 Å². The molecule has 0 unspecified atom stereocenters. The van der Waals surface area contributed by atoms with E-state index in [2.05, 4.69) is 5.32 Å². The number of nitrogens with zero attached hydrogens (tertiary/aromatic N) is 2. The van der Waals surface area contributed by atoms with Crippen molar-refractivity contribution in [2.75, 3.05) is 0 Å². The van der Waals surface area contributed by atoms with Crippen LogP contribution < -0.4 is 5.32 Å². The Morgan fingerprint density at radius 1 is 0.962 bits per heavy atom. The number of thiophene rings is 1. The number of amides is 1. The Morgan fingerprint density at radius 2 is 1.69 bits per heavy atom. The zero-order chi connectivity index (χ0) is 17.8. The van der Waals surface area contributed by atoms with Gasteiger partial charge in [0.2, 0.25) is 0 Å². The van der Waals surface area contributed by atoms with Gasteiger partial charge in [0.25, 0.3) is 5.91 Å². The van der Waals surface area contributed by atoms with Crippen molar-refractivity contribution in [1.29, 1.82) is 0 Å². The van der Waals surface area contributed by atoms with E-state index in [-0.39, 0.29) is 5.91 Å². The Labute approximate surface area is 155 Å². The van der Waals surface area contributed by atoms with Gasteiger partial charge in [-0.3, -0.25) is 4.79 Å². The van der Waals surface area contributed by atoms with E-state index in [0.717, 1.165) is 22.5 Å². The van der Waals surface area contributed by atoms with Gasteiger partial charge in [-0.1, -0.05) is 54.6 Å². The molecule has 26 heavy (non-hydrogen) atoms. The molecular weight excluding hydrogens is 342 g/mol. The first-order chi connectivity index (χ1) is 12.8. The lowest BCUT2D eigenvalue weighted by molar-refractivity contribution is 0.0955. The highest BCUT2D eigenvalue weighted by Gasteiger charge is 2.14. The number of rotatable bonds is 5. The highest BCUT2D eigenvalue weighted by Crippen LogP contribution is 2.23. The molecule has 2 heterocycles. The monoisotopic (exact) mass is 359 g/mol. The number of carbonyl (C=O) groups excluding carboxylic acids is 1. The topological polar surface area (TPSA) is 46.9 Å². The van der Waals surface area contributed by atoms with Crippen LogP contribution in [0.3, 0.4) is 0 Å². The largest absolute Gasteiger partial charge is 0.347 e. The van der Waals surface area contributed by atoms with Gasteiger partial charge >= 0.3 is 0 Å². The van der Waals surface area contributed by atoms with E-state index in [0.29, 0.717) is 11.4 Å². The van der Waals surface area contributed by atoms with Gasteiger partial charge in [0.1, 0.15) is 0 Å². The lowest BCUT2D eigenvalue weighted by Crippen LogP contribution is -2.21. The molecule has 1 N–H and O–H groups in total. The molecule has 2 aromatic heterocycles. The second-order valence-electron chi connectivity index (χ2n) is 5.81. The summed E-state index contributed by atoms with van der Waals surface area (Å²) < 4.78 is 1.86. The van der Waals surface area contributed by atoms with Crippen LogP contribution in [0.5, 0.6) is 0 Å². The number of nitrogens with one attached hydrogen (secondary N) is 1. The van der Waals surface area contributed by atoms with Crippen molar-refractivity contribution in [3.05, 3.63) is 94.8 Å². The van der Waals surface area contributed by atoms with E-state index in [9.17, 15) is 4.79 Å². The van der Waals surface area contributed by atoms with E-state index in [1.54, 1.807) is 0 Å². The molecule has 128 valence electrons. The Bertz CT molecular complexity index is 992. The standard InChI is InChI=1S/C21H17N3OS/c25-21(19-12-7-13-26-19)22-14-17-15-24(18-10-5-2-6-11-18)23-20(17)16-8-3-1-4-9-16/h1-13,15H,14H2,(H,22,25). The van der Waals surface area contributed by atoms with Crippen molar-refractivity contribution < 1.29 is 4.79 Å². The molecule has 0 aliphatic rings. The van der Waals surface area contributed by atoms with E-state index in [1.165, 1.54) is 11.3 Å². The smallest absolute Gasteiger partial charge is 0.261 e. The first kappa shape index (κ1) is 16.3. The fourth-order valence-electron chi connectivity index (χ4n) is 2.76. The first-order valence-electron chi connectivity index (χ1n) is 8.32. The van der Waals surface area contributed by atoms with Gasteiger partial charge in [-0.25, -0.2) is 4.68 Å². The molecule has 5 heteroatoms. The summed E-state index contributed by atoms with van der Waals surface area (Å²) in [6.45, 7) is 0.424. The molecule has 0 saturated heterocycles. The fourth-order valence-corrected chi connectivity index (χ4v) is 3.40. The van der Waals surface area contributed by atoms with Crippen molar-refractivity contribution in [1.82, 2.24) is 15.1 Å². The molecule has 1 amide bonds. The van der Waals surface area contributed by atoms with E-state index >= 15 is 0 Å². The third-order valence-corrected chi connectivity index (χ3v) is 4.91. The third-order valence-electron chi connectivity index (χ3n) is 4.04. The van der Waals surface area contributed by atoms with Crippen molar-refractivity contribution >= 4 is 17.2 Å². The van der Waals surface area contributed by atoms with Gasteiger partial charge in [0.05, 0.1) is 16.3 Å². The number of carbonyl (C=O) groups is 1. The number of para-hydroxylation sites is 1. The Hall–Kier alpha value is -3.18. The average molecular weight is 359 g/mol. The van der Waals surface area contributed by atoms with Crippen molar-refractivity contribution in [3.8, 4) is 16.9 Å². The summed E-state index contributed by atoms with van der Waals surface area (Å²) in [7, 11) is 0. The predicted octanol–water partition coefficient (Wildman–Crippen LogP) is 4.53. The predicted molar refractivity (Wildman–Crippen MR) is 104 cm³/mol. The molecule has 0 fully saturated rings. The molecule has 4 aromatic rings. The molecule has 0 aliphatic heterocycles. The molecule has 0 atom stereocenters. The van der Waals surface area contributed by atoms with Gasteiger partial charge in [-0.05, 0) is 23.6 Å². The molecule has 4 nitrogen and oxygen atoms in total. The minimum Gasteiger partial charge on any atom is -0.347 e. The minimum atomic E-state index is -0.0635. The SMILES string of the molecule is O=C(NCc1cn(-c2ccccc2)nc1-c1ccccc1)c1cccs1.